The summed E-state index contributed by atoms with van der Waals surface area (Å²) in [6, 6.07) is 10.2. The van der Waals surface area contributed by atoms with Crippen LogP contribution in [0.4, 0.5) is 0 Å². The number of aromatic amines is 1. The van der Waals surface area contributed by atoms with Crippen LogP contribution in [0.5, 0.6) is 0 Å². The number of pyridine rings is 1. The van der Waals surface area contributed by atoms with Crippen molar-refractivity contribution < 1.29 is 4.79 Å². The van der Waals surface area contributed by atoms with Crippen LogP contribution >= 0.6 is 34.8 Å². The molecule has 3 nitrogen and oxygen atoms in total. The molecule has 0 radical (unpaired) electrons. The minimum absolute atomic E-state index is 0.166. The molecule has 1 N–H and O–H groups in total. The Hall–Kier alpha value is -1.81. The van der Waals surface area contributed by atoms with E-state index in [1.54, 1.807) is 42.6 Å². The summed E-state index contributed by atoms with van der Waals surface area (Å²) in [5.41, 5.74) is 2.14. The zero-order valence-electron chi connectivity index (χ0n) is 11.1. The van der Waals surface area contributed by atoms with E-state index in [-0.39, 0.29) is 10.9 Å². The first-order valence-electron chi connectivity index (χ1n) is 6.36. The van der Waals surface area contributed by atoms with E-state index in [1.165, 1.54) is 6.20 Å². The van der Waals surface area contributed by atoms with E-state index in [9.17, 15) is 4.79 Å². The van der Waals surface area contributed by atoms with Crippen LogP contribution in [0.1, 0.15) is 16.1 Å². The highest BCUT2D eigenvalue weighted by molar-refractivity contribution is 6.39. The number of benzene rings is 1. The molecule has 0 aliphatic carbocycles. The number of ketones is 1. The number of nitrogens with zero attached hydrogens (tertiary/aromatic N) is 1. The van der Waals surface area contributed by atoms with E-state index >= 15 is 0 Å². The van der Waals surface area contributed by atoms with Crippen LogP contribution in [0, 0.1) is 0 Å². The van der Waals surface area contributed by atoms with Gasteiger partial charge in [0.1, 0.15) is 5.15 Å². The topological polar surface area (TPSA) is 45.8 Å². The molecule has 0 fully saturated rings. The van der Waals surface area contributed by atoms with E-state index in [4.69, 9.17) is 34.8 Å². The van der Waals surface area contributed by atoms with Gasteiger partial charge in [-0.1, -0.05) is 40.9 Å². The van der Waals surface area contributed by atoms with E-state index in [2.05, 4.69) is 9.97 Å². The highest BCUT2D eigenvalue weighted by Gasteiger charge is 2.17. The third kappa shape index (κ3) is 2.75. The molecule has 0 saturated carbocycles. The molecule has 22 heavy (non-hydrogen) atoms. The fourth-order valence-electron chi connectivity index (χ4n) is 2.14. The maximum absolute atomic E-state index is 12.5. The smallest absolute Gasteiger partial charge is 0.212 e. The van der Waals surface area contributed by atoms with Crippen molar-refractivity contribution in [2.75, 3.05) is 0 Å². The van der Waals surface area contributed by atoms with Crippen molar-refractivity contribution in [2.45, 2.75) is 0 Å². The van der Waals surface area contributed by atoms with Crippen LogP contribution in [-0.4, -0.2) is 15.8 Å². The second-order valence-corrected chi connectivity index (χ2v) is 5.74. The summed E-state index contributed by atoms with van der Waals surface area (Å²) in [6.07, 6.45) is 3.22. The van der Waals surface area contributed by atoms with Crippen LogP contribution in [-0.2, 0) is 0 Å². The quantitative estimate of drug-likeness (QED) is 0.516. The molecule has 0 aliphatic rings. The van der Waals surface area contributed by atoms with Gasteiger partial charge in [-0.05, 0) is 30.3 Å². The van der Waals surface area contributed by atoms with Gasteiger partial charge in [0.25, 0.3) is 0 Å². The molecule has 0 amide bonds. The largest absolute Gasteiger partial charge is 0.358 e. The summed E-state index contributed by atoms with van der Waals surface area (Å²) >= 11 is 18.3. The van der Waals surface area contributed by atoms with Crippen molar-refractivity contribution in [1.29, 1.82) is 0 Å². The molecule has 0 saturated heterocycles. The first-order chi connectivity index (χ1) is 10.6. The summed E-state index contributed by atoms with van der Waals surface area (Å²) in [4.78, 5) is 19.3. The summed E-state index contributed by atoms with van der Waals surface area (Å²) in [5.74, 6) is -0.243. The Morgan fingerprint density at radius 2 is 1.77 bits per heavy atom. The number of hydrogen-bond donors (Lipinski definition) is 1. The molecule has 3 aromatic rings. The molecule has 0 atom stereocenters. The standard InChI is InChI=1S/C16H9Cl3N2O/c17-11-4-1-5-12(18)14(11)9-7-13(21-8-9)15(22)10-3-2-6-20-16(10)19/h1-8,21H. The summed E-state index contributed by atoms with van der Waals surface area (Å²) in [6.45, 7) is 0. The van der Waals surface area contributed by atoms with Crippen LogP contribution in [0.3, 0.4) is 0 Å². The highest BCUT2D eigenvalue weighted by atomic mass is 35.5. The Labute approximate surface area is 141 Å². The number of rotatable bonds is 3. The van der Waals surface area contributed by atoms with Gasteiger partial charge < -0.3 is 4.98 Å². The first kappa shape index (κ1) is 15.1. The number of carbonyl (C=O) groups excluding carboxylic acids is 1. The average molecular weight is 352 g/mol. The lowest BCUT2D eigenvalue weighted by Crippen LogP contribution is -2.03. The Kier molecular flexibility index (Phi) is 4.21. The molecule has 2 heterocycles. The van der Waals surface area contributed by atoms with Gasteiger partial charge in [0.2, 0.25) is 5.78 Å². The monoisotopic (exact) mass is 350 g/mol. The number of hydrogen-bond acceptors (Lipinski definition) is 2. The van der Waals surface area contributed by atoms with E-state index in [1.807, 2.05) is 0 Å². The molecule has 3 rings (SSSR count). The van der Waals surface area contributed by atoms with E-state index in [0.717, 1.165) is 5.56 Å². The fourth-order valence-corrected chi connectivity index (χ4v) is 2.96. The number of aromatic nitrogens is 2. The lowest BCUT2D eigenvalue weighted by molar-refractivity contribution is 0.103. The van der Waals surface area contributed by atoms with Gasteiger partial charge in [0, 0.05) is 33.6 Å². The van der Waals surface area contributed by atoms with E-state index in [0.29, 0.717) is 26.9 Å². The van der Waals surface area contributed by atoms with Crippen molar-refractivity contribution in [3.05, 3.63) is 75.2 Å². The molecule has 1 aromatic carbocycles. The van der Waals surface area contributed by atoms with Crippen LogP contribution in [0.25, 0.3) is 11.1 Å². The van der Waals surface area contributed by atoms with Gasteiger partial charge in [0.15, 0.2) is 0 Å². The minimum atomic E-state index is -0.243. The van der Waals surface area contributed by atoms with Gasteiger partial charge in [0.05, 0.1) is 11.3 Å². The molecule has 110 valence electrons. The van der Waals surface area contributed by atoms with Gasteiger partial charge in [-0.25, -0.2) is 4.98 Å². The van der Waals surface area contributed by atoms with Gasteiger partial charge in [-0.15, -0.1) is 0 Å². The van der Waals surface area contributed by atoms with Crippen LogP contribution < -0.4 is 0 Å². The maximum Gasteiger partial charge on any atom is 0.212 e. The Morgan fingerprint density at radius 1 is 1.05 bits per heavy atom. The molecule has 0 spiro atoms. The van der Waals surface area contributed by atoms with Crippen LogP contribution in [0.15, 0.2) is 48.8 Å². The lowest BCUT2D eigenvalue weighted by Gasteiger charge is -2.03. The molecule has 0 bridgehead atoms. The molecule has 0 aliphatic heterocycles. The molecular formula is C16H9Cl3N2O. The summed E-state index contributed by atoms with van der Waals surface area (Å²) in [5, 5.41) is 1.20. The Bertz CT molecular complexity index is 838. The normalized spacial score (nSPS) is 10.7. The zero-order chi connectivity index (χ0) is 15.7. The van der Waals surface area contributed by atoms with Gasteiger partial charge in [-0.2, -0.15) is 0 Å². The van der Waals surface area contributed by atoms with Crippen molar-refractivity contribution in [1.82, 2.24) is 9.97 Å². The number of H-pyrrole nitrogens is 1. The van der Waals surface area contributed by atoms with Crippen molar-refractivity contribution in [3.63, 3.8) is 0 Å². The SMILES string of the molecule is O=C(c1cc(-c2c(Cl)cccc2Cl)c[nH]1)c1cccnc1Cl. The van der Waals surface area contributed by atoms with Crippen molar-refractivity contribution in [3.8, 4) is 11.1 Å². The van der Waals surface area contributed by atoms with Gasteiger partial charge in [-0.3, -0.25) is 4.79 Å². The zero-order valence-corrected chi connectivity index (χ0v) is 13.4. The summed E-state index contributed by atoms with van der Waals surface area (Å²) in [7, 11) is 0. The summed E-state index contributed by atoms with van der Waals surface area (Å²) < 4.78 is 0. The number of nitrogens with one attached hydrogen (secondary N) is 1. The fraction of sp³-hybridized carbons (Fsp3) is 0. The molecule has 0 unspecified atom stereocenters. The predicted molar refractivity (Wildman–Crippen MR) is 88.9 cm³/mol. The first-order valence-corrected chi connectivity index (χ1v) is 7.49. The molecule has 2 aromatic heterocycles. The second-order valence-electron chi connectivity index (χ2n) is 4.57. The van der Waals surface area contributed by atoms with Crippen molar-refractivity contribution >= 4 is 40.6 Å². The third-order valence-corrected chi connectivity index (χ3v) is 4.11. The third-order valence-electron chi connectivity index (χ3n) is 3.18. The van der Waals surface area contributed by atoms with Gasteiger partial charge >= 0.3 is 0 Å². The van der Waals surface area contributed by atoms with Crippen molar-refractivity contribution in [2.24, 2.45) is 0 Å². The lowest BCUT2D eigenvalue weighted by atomic mass is 10.1. The number of halogens is 3. The maximum atomic E-state index is 12.5. The molecular weight excluding hydrogens is 343 g/mol. The Balaban J connectivity index is 2.02. The van der Waals surface area contributed by atoms with Crippen LogP contribution in [0.2, 0.25) is 15.2 Å². The molecule has 6 heteroatoms. The predicted octanol–water partition coefficient (Wildman–Crippen LogP) is 5.27. The highest BCUT2D eigenvalue weighted by Crippen LogP contribution is 2.35. The van der Waals surface area contributed by atoms with E-state index < -0.39 is 0 Å². The second kappa shape index (κ2) is 6.13. The average Bonchev–Trinajstić information content (AvgIpc) is 2.96. The minimum Gasteiger partial charge on any atom is -0.358 e. The number of carbonyl (C=O) groups is 1. The Morgan fingerprint density at radius 3 is 2.45 bits per heavy atom.